The van der Waals surface area contributed by atoms with Crippen LogP contribution in [-0.2, 0) is 16.2 Å². The number of carbonyl (C=O) groups excluding carboxylic acids is 2. The van der Waals surface area contributed by atoms with Gasteiger partial charge in [-0.1, -0.05) is 30.3 Å². The molecule has 1 fully saturated rings. The topological polar surface area (TPSA) is 49.9 Å². The van der Waals surface area contributed by atoms with Crippen molar-refractivity contribution in [3.8, 4) is 0 Å². The first-order valence-electron chi connectivity index (χ1n) is 4.92. The average Bonchev–Trinajstić information content (AvgIpc) is 2.55. The van der Waals surface area contributed by atoms with Gasteiger partial charge in [0.05, 0.1) is 7.11 Å². The van der Waals surface area contributed by atoms with E-state index in [0.717, 1.165) is 10.6 Å². The molecule has 0 atom stereocenters. The van der Waals surface area contributed by atoms with E-state index in [1.807, 2.05) is 30.3 Å². The van der Waals surface area contributed by atoms with E-state index in [4.69, 9.17) is 4.84 Å². The average molecular weight is 220 g/mol. The molecule has 0 aromatic heterocycles. The maximum absolute atomic E-state index is 11.7. The summed E-state index contributed by atoms with van der Waals surface area (Å²) in [6.07, 6.45) is 0. The molecule has 0 radical (unpaired) electrons. The van der Waals surface area contributed by atoms with Crippen LogP contribution < -0.4 is 0 Å². The van der Waals surface area contributed by atoms with Crippen molar-refractivity contribution in [2.24, 2.45) is 0 Å². The summed E-state index contributed by atoms with van der Waals surface area (Å²) in [5.74, 6) is -0.330. The Bertz CT molecular complexity index is 405. The SMILES string of the molecule is CON1C(=O)CN(Cc2ccccc2)C1=O. The third-order valence-corrected chi connectivity index (χ3v) is 2.40. The quantitative estimate of drug-likeness (QED) is 0.714. The van der Waals surface area contributed by atoms with Gasteiger partial charge in [-0.2, -0.15) is 0 Å². The molecule has 0 saturated carbocycles. The zero-order valence-electron chi connectivity index (χ0n) is 8.92. The number of hydroxylamine groups is 2. The number of imide groups is 1. The van der Waals surface area contributed by atoms with E-state index in [1.165, 1.54) is 12.0 Å². The Labute approximate surface area is 93.2 Å². The van der Waals surface area contributed by atoms with Gasteiger partial charge in [-0.05, 0) is 5.56 Å². The molecule has 0 N–H and O–H groups in total. The van der Waals surface area contributed by atoms with Crippen molar-refractivity contribution >= 4 is 11.9 Å². The number of nitrogens with zero attached hydrogens (tertiary/aromatic N) is 2. The van der Waals surface area contributed by atoms with E-state index in [0.29, 0.717) is 6.54 Å². The Morgan fingerprint density at radius 2 is 1.94 bits per heavy atom. The van der Waals surface area contributed by atoms with Crippen LogP contribution in [0.2, 0.25) is 0 Å². The van der Waals surface area contributed by atoms with Crippen LogP contribution in [0, 0.1) is 0 Å². The minimum absolute atomic E-state index is 0.0710. The van der Waals surface area contributed by atoms with Gasteiger partial charge in [-0.3, -0.25) is 9.63 Å². The summed E-state index contributed by atoms with van der Waals surface area (Å²) in [4.78, 5) is 29.2. The maximum Gasteiger partial charge on any atom is 0.352 e. The van der Waals surface area contributed by atoms with Gasteiger partial charge in [-0.25, -0.2) is 4.79 Å². The Balaban J connectivity index is 2.08. The van der Waals surface area contributed by atoms with E-state index in [-0.39, 0.29) is 12.5 Å². The van der Waals surface area contributed by atoms with E-state index < -0.39 is 6.03 Å². The third-order valence-electron chi connectivity index (χ3n) is 2.40. The first kappa shape index (κ1) is 10.6. The Morgan fingerprint density at radius 3 is 2.50 bits per heavy atom. The number of benzene rings is 1. The van der Waals surface area contributed by atoms with Crippen molar-refractivity contribution in [3.05, 3.63) is 35.9 Å². The minimum atomic E-state index is -0.406. The van der Waals surface area contributed by atoms with E-state index in [2.05, 4.69) is 0 Å². The zero-order chi connectivity index (χ0) is 11.5. The number of hydrogen-bond donors (Lipinski definition) is 0. The highest BCUT2D eigenvalue weighted by Gasteiger charge is 2.36. The van der Waals surface area contributed by atoms with Crippen molar-refractivity contribution in [2.75, 3.05) is 13.7 Å². The van der Waals surface area contributed by atoms with Gasteiger partial charge in [0, 0.05) is 6.54 Å². The summed E-state index contributed by atoms with van der Waals surface area (Å²) in [5, 5.41) is 0.781. The van der Waals surface area contributed by atoms with Gasteiger partial charge >= 0.3 is 6.03 Å². The second-order valence-corrected chi connectivity index (χ2v) is 3.49. The fraction of sp³-hybridized carbons (Fsp3) is 0.273. The molecule has 0 unspecified atom stereocenters. The van der Waals surface area contributed by atoms with E-state index in [1.54, 1.807) is 0 Å². The summed E-state index contributed by atoms with van der Waals surface area (Å²) >= 11 is 0. The van der Waals surface area contributed by atoms with Gasteiger partial charge in [0.25, 0.3) is 5.91 Å². The first-order chi connectivity index (χ1) is 7.72. The van der Waals surface area contributed by atoms with Crippen molar-refractivity contribution in [3.63, 3.8) is 0 Å². The second kappa shape index (κ2) is 4.32. The molecule has 1 heterocycles. The molecule has 0 spiro atoms. The van der Waals surface area contributed by atoms with Gasteiger partial charge in [0.2, 0.25) is 0 Å². The molecule has 84 valence electrons. The fourth-order valence-corrected chi connectivity index (χ4v) is 1.64. The molecule has 3 amide bonds. The van der Waals surface area contributed by atoms with Crippen molar-refractivity contribution in [2.45, 2.75) is 6.54 Å². The lowest BCUT2D eigenvalue weighted by molar-refractivity contribution is -0.153. The zero-order valence-corrected chi connectivity index (χ0v) is 8.92. The molecule has 1 saturated heterocycles. The van der Waals surface area contributed by atoms with Gasteiger partial charge in [-0.15, -0.1) is 5.06 Å². The lowest BCUT2D eigenvalue weighted by Crippen LogP contribution is -2.31. The molecule has 1 aliphatic rings. The van der Waals surface area contributed by atoms with E-state index >= 15 is 0 Å². The predicted molar refractivity (Wildman–Crippen MR) is 56.1 cm³/mol. The molecule has 1 aromatic carbocycles. The second-order valence-electron chi connectivity index (χ2n) is 3.49. The number of urea groups is 1. The van der Waals surface area contributed by atoms with Crippen molar-refractivity contribution in [1.29, 1.82) is 0 Å². The maximum atomic E-state index is 11.7. The first-order valence-corrected chi connectivity index (χ1v) is 4.92. The summed E-state index contributed by atoms with van der Waals surface area (Å²) in [6, 6.07) is 9.11. The summed E-state index contributed by atoms with van der Waals surface area (Å²) < 4.78 is 0. The summed E-state index contributed by atoms with van der Waals surface area (Å²) in [6.45, 7) is 0.493. The number of carbonyl (C=O) groups is 2. The van der Waals surface area contributed by atoms with Crippen LogP contribution >= 0.6 is 0 Å². The molecule has 5 nitrogen and oxygen atoms in total. The van der Waals surface area contributed by atoms with Crippen LogP contribution in [0.5, 0.6) is 0 Å². The molecular weight excluding hydrogens is 208 g/mol. The van der Waals surface area contributed by atoms with Crippen LogP contribution in [-0.4, -0.2) is 35.6 Å². The molecule has 1 aliphatic heterocycles. The molecule has 1 aromatic rings. The number of hydrogen-bond acceptors (Lipinski definition) is 3. The fourth-order valence-electron chi connectivity index (χ4n) is 1.64. The monoisotopic (exact) mass is 220 g/mol. The molecule has 16 heavy (non-hydrogen) atoms. The minimum Gasteiger partial charge on any atom is -0.309 e. The molecule has 2 rings (SSSR count). The Hall–Kier alpha value is -1.88. The van der Waals surface area contributed by atoms with Crippen molar-refractivity contribution < 1.29 is 14.4 Å². The van der Waals surface area contributed by atoms with Gasteiger partial charge in [0.15, 0.2) is 0 Å². The standard InChI is InChI=1S/C11H12N2O3/c1-16-13-10(14)8-12(11(13)15)7-9-5-3-2-4-6-9/h2-6H,7-8H2,1H3. The highest BCUT2D eigenvalue weighted by Crippen LogP contribution is 2.13. The molecule has 5 heteroatoms. The summed E-state index contributed by atoms with van der Waals surface area (Å²) in [7, 11) is 1.31. The van der Waals surface area contributed by atoms with Crippen LogP contribution in [0.3, 0.4) is 0 Å². The van der Waals surface area contributed by atoms with Crippen molar-refractivity contribution in [1.82, 2.24) is 9.96 Å². The molecule has 0 aliphatic carbocycles. The van der Waals surface area contributed by atoms with Gasteiger partial charge < -0.3 is 4.90 Å². The smallest absolute Gasteiger partial charge is 0.309 e. The highest BCUT2D eigenvalue weighted by molar-refractivity contribution is 6.00. The predicted octanol–water partition coefficient (Wildman–Crippen LogP) is 1.01. The number of amides is 3. The third kappa shape index (κ3) is 1.90. The Morgan fingerprint density at radius 1 is 1.25 bits per heavy atom. The number of rotatable bonds is 3. The lowest BCUT2D eigenvalue weighted by atomic mass is 10.2. The van der Waals surface area contributed by atoms with E-state index in [9.17, 15) is 9.59 Å². The summed E-state index contributed by atoms with van der Waals surface area (Å²) in [5.41, 5.74) is 0.988. The largest absolute Gasteiger partial charge is 0.352 e. The van der Waals surface area contributed by atoms with Crippen LogP contribution in [0.1, 0.15) is 5.56 Å². The van der Waals surface area contributed by atoms with Crippen LogP contribution in [0.4, 0.5) is 4.79 Å². The van der Waals surface area contributed by atoms with Gasteiger partial charge in [0.1, 0.15) is 6.54 Å². The molecular formula is C11H12N2O3. The van der Waals surface area contributed by atoms with Crippen LogP contribution in [0.25, 0.3) is 0 Å². The Kier molecular flexibility index (Phi) is 2.87. The lowest BCUT2D eigenvalue weighted by Gasteiger charge is -2.14. The molecule has 0 bridgehead atoms. The van der Waals surface area contributed by atoms with Crippen LogP contribution in [0.15, 0.2) is 30.3 Å². The normalized spacial score (nSPS) is 16.1. The highest BCUT2D eigenvalue weighted by atomic mass is 16.7.